The smallest absolute Gasteiger partial charge is 0.332 e. The van der Waals surface area contributed by atoms with E-state index < -0.39 is 11.2 Å². The molecule has 0 radical (unpaired) electrons. The monoisotopic (exact) mass is 435 g/mol. The summed E-state index contributed by atoms with van der Waals surface area (Å²) in [5.74, 6) is 0.0890. The number of fused-ring (bicyclic) bond motifs is 1. The standard InChI is InChI=1S/C24H26FN5O2/c1-28-21-20(22(31)29(2)24(28)32)30(16-18-13-6-7-14-19(18)25)23(27-21)26-15-9-8-12-17-10-4-3-5-11-17/h3-7,10-11,13-14H,8-9,12,15-16H2,1-2H3,(H,26,27). The summed E-state index contributed by atoms with van der Waals surface area (Å²) in [6.45, 7) is 0.769. The van der Waals surface area contributed by atoms with Gasteiger partial charge in [-0.05, 0) is 30.9 Å². The first kappa shape index (κ1) is 21.5. The number of aromatic nitrogens is 4. The molecule has 0 bridgehead atoms. The highest BCUT2D eigenvalue weighted by atomic mass is 19.1. The molecule has 2 aromatic carbocycles. The summed E-state index contributed by atoms with van der Waals surface area (Å²) in [5.41, 5.74) is 1.37. The van der Waals surface area contributed by atoms with Gasteiger partial charge in [-0.2, -0.15) is 4.98 Å². The van der Waals surface area contributed by atoms with E-state index in [0.717, 1.165) is 23.8 Å². The lowest BCUT2D eigenvalue weighted by Gasteiger charge is -2.12. The van der Waals surface area contributed by atoms with Gasteiger partial charge in [-0.15, -0.1) is 0 Å². The zero-order valence-corrected chi connectivity index (χ0v) is 18.2. The maximum absolute atomic E-state index is 14.4. The van der Waals surface area contributed by atoms with Crippen LogP contribution in [0.15, 0.2) is 64.2 Å². The van der Waals surface area contributed by atoms with E-state index in [9.17, 15) is 14.0 Å². The van der Waals surface area contributed by atoms with Crippen molar-refractivity contribution in [1.29, 1.82) is 0 Å². The first-order valence-electron chi connectivity index (χ1n) is 10.6. The molecule has 0 aliphatic heterocycles. The molecule has 2 heterocycles. The van der Waals surface area contributed by atoms with Crippen molar-refractivity contribution in [1.82, 2.24) is 18.7 Å². The Kier molecular flexibility index (Phi) is 6.20. The highest BCUT2D eigenvalue weighted by Crippen LogP contribution is 2.19. The van der Waals surface area contributed by atoms with E-state index in [4.69, 9.17) is 0 Å². The highest BCUT2D eigenvalue weighted by molar-refractivity contribution is 5.74. The molecular formula is C24H26FN5O2. The summed E-state index contributed by atoms with van der Waals surface area (Å²) in [5, 5.41) is 3.29. The molecular weight excluding hydrogens is 409 g/mol. The van der Waals surface area contributed by atoms with Gasteiger partial charge in [-0.3, -0.25) is 18.5 Å². The molecule has 0 atom stereocenters. The summed E-state index contributed by atoms with van der Waals surface area (Å²) < 4.78 is 18.4. The van der Waals surface area contributed by atoms with Crippen LogP contribution in [0.4, 0.5) is 10.3 Å². The minimum atomic E-state index is -0.455. The van der Waals surface area contributed by atoms with Crippen molar-refractivity contribution in [3.05, 3.63) is 92.4 Å². The number of unbranched alkanes of at least 4 members (excludes halogenated alkanes) is 1. The predicted octanol–water partition coefficient (Wildman–Crippen LogP) is 3.06. The van der Waals surface area contributed by atoms with Crippen molar-refractivity contribution in [2.45, 2.75) is 25.8 Å². The van der Waals surface area contributed by atoms with Crippen molar-refractivity contribution >= 4 is 17.1 Å². The van der Waals surface area contributed by atoms with E-state index in [2.05, 4.69) is 22.4 Å². The second-order valence-corrected chi connectivity index (χ2v) is 7.86. The van der Waals surface area contributed by atoms with Crippen LogP contribution in [-0.2, 0) is 27.1 Å². The maximum atomic E-state index is 14.4. The van der Waals surface area contributed by atoms with Crippen molar-refractivity contribution in [3.63, 3.8) is 0 Å². The van der Waals surface area contributed by atoms with Crippen LogP contribution < -0.4 is 16.6 Å². The molecule has 0 fully saturated rings. The first-order valence-corrected chi connectivity index (χ1v) is 10.6. The molecule has 0 unspecified atom stereocenters. The number of halogens is 1. The van der Waals surface area contributed by atoms with Crippen LogP contribution in [0.1, 0.15) is 24.0 Å². The molecule has 0 saturated heterocycles. The normalized spacial score (nSPS) is 11.2. The summed E-state index contributed by atoms with van der Waals surface area (Å²) in [4.78, 5) is 29.8. The van der Waals surface area contributed by atoms with Crippen molar-refractivity contribution in [2.75, 3.05) is 11.9 Å². The predicted molar refractivity (Wildman–Crippen MR) is 124 cm³/mol. The molecule has 32 heavy (non-hydrogen) atoms. The summed E-state index contributed by atoms with van der Waals surface area (Å²) in [6, 6.07) is 16.7. The number of imidazole rings is 1. The lowest BCUT2D eigenvalue weighted by atomic mass is 10.1. The second-order valence-electron chi connectivity index (χ2n) is 7.86. The maximum Gasteiger partial charge on any atom is 0.332 e. The third kappa shape index (κ3) is 4.21. The molecule has 0 aliphatic rings. The van der Waals surface area contributed by atoms with Gasteiger partial charge in [0.1, 0.15) is 5.82 Å². The Morgan fingerprint density at radius 1 is 0.938 bits per heavy atom. The zero-order chi connectivity index (χ0) is 22.7. The highest BCUT2D eigenvalue weighted by Gasteiger charge is 2.20. The SMILES string of the molecule is Cn1c(=O)c2c(nc(NCCCCc3ccccc3)n2Cc2ccccc2F)n(C)c1=O. The summed E-state index contributed by atoms with van der Waals surface area (Å²) in [6.07, 6.45) is 2.86. The van der Waals surface area contributed by atoms with Crippen LogP contribution in [0.2, 0.25) is 0 Å². The zero-order valence-electron chi connectivity index (χ0n) is 18.2. The third-order valence-corrected chi connectivity index (χ3v) is 5.65. The molecule has 0 spiro atoms. The van der Waals surface area contributed by atoms with Gasteiger partial charge in [0, 0.05) is 26.2 Å². The molecule has 8 heteroatoms. The Morgan fingerprint density at radius 2 is 1.66 bits per heavy atom. The average Bonchev–Trinajstić information content (AvgIpc) is 3.16. The fraction of sp³-hybridized carbons (Fsp3) is 0.292. The Morgan fingerprint density at radius 3 is 2.41 bits per heavy atom. The number of hydrogen-bond donors (Lipinski definition) is 1. The Bertz CT molecular complexity index is 1350. The lowest BCUT2D eigenvalue weighted by molar-refractivity contribution is 0.601. The fourth-order valence-electron chi connectivity index (χ4n) is 3.83. The third-order valence-electron chi connectivity index (χ3n) is 5.65. The van der Waals surface area contributed by atoms with E-state index in [1.807, 2.05) is 18.2 Å². The number of benzene rings is 2. The van der Waals surface area contributed by atoms with Crippen LogP contribution in [0.5, 0.6) is 0 Å². The van der Waals surface area contributed by atoms with Gasteiger partial charge in [0.05, 0.1) is 6.54 Å². The van der Waals surface area contributed by atoms with Gasteiger partial charge in [0.25, 0.3) is 5.56 Å². The largest absolute Gasteiger partial charge is 0.356 e. The molecule has 7 nitrogen and oxygen atoms in total. The number of hydrogen-bond acceptors (Lipinski definition) is 4. The Hall–Kier alpha value is -3.68. The minimum Gasteiger partial charge on any atom is -0.356 e. The fourth-order valence-corrected chi connectivity index (χ4v) is 3.83. The molecule has 1 N–H and O–H groups in total. The summed E-state index contributed by atoms with van der Waals surface area (Å²) >= 11 is 0. The van der Waals surface area contributed by atoms with Crippen molar-refractivity contribution in [2.24, 2.45) is 14.1 Å². The van der Waals surface area contributed by atoms with Gasteiger partial charge < -0.3 is 5.32 Å². The molecule has 0 saturated carbocycles. The number of anilines is 1. The number of rotatable bonds is 8. The quantitative estimate of drug-likeness (QED) is 0.432. The number of nitrogens with one attached hydrogen (secondary N) is 1. The van der Waals surface area contributed by atoms with Crippen LogP contribution in [0.25, 0.3) is 11.2 Å². The lowest BCUT2D eigenvalue weighted by Crippen LogP contribution is -2.37. The topological polar surface area (TPSA) is 73.8 Å². The van der Waals surface area contributed by atoms with Crippen LogP contribution in [0, 0.1) is 5.82 Å². The van der Waals surface area contributed by atoms with Crippen molar-refractivity contribution in [3.8, 4) is 0 Å². The number of nitrogens with zero attached hydrogens (tertiary/aromatic N) is 4. The molecule has 4 aromatic rings. The van der Waals surface area contributed by atoms with E-state index >= 15 is 0 Å². The average molecular weight is 436 g/mol. The van der Waals surface area contributed by atoms with Gasteiger partial charge >= 0.3 is 5.69 Å². The number of aryl methyl sites for hydroxylation is 2. The molecule has 4 rings (SSSR count). The van der Waals surface area contributed by atoms with Crippen LogP contribution in [0.3, 0.4) is 0 Å². The van der Waals surface area contributed by atoms with Crippen LogP contribution in [-0.4, -0.2) is 25.2 Å². The van der Waals surface area contributed by atoms with Gasteiger partial charge in [-0.25, -0.2) is 9.18 Å². The second kappa shape index (κ2) is 9.21. The molecule has 0 amide bonds. The van der Waals surface area contributed by atoms with E-state index in [1.54, 1.807) is 29.8 Å². The van der Waals surface area contributed by atoms with Gasteiger partial charge in [0.15, 0.2) is 11.2 Å². The first-order chi connectivity index (χ1) is 15.5. The molecule has 2 aromatic heterocycles. The Balaban J connectivity index is 1.62. The van der Waals surface area contributed by atoms with E-state index in [0.29, 0.717) is 18.1 Å². The van der Waals surface area contributed by atoms with E-state index in [-0.39, 0.29) is 23.5 Å². The minimum absolute atomic E-state index is 0.128. The van der Waals surface area contributed by atoms with Crippen molar-refractivity contribution < 1.29 is 4.39 Å². The Labute approximate surface area is 184 Å². The van der Waals surface area contributed by atoms with Gasteiger partial charge in [-0.1, -0.05) is 48.5 Å². The summed E-state index contributed by atoms with van der Waals surface area (Å²) in [7, 11) is 3.01. The van der Waals surface area contributed by atoms with Gasteiger partial charge in [0.2, 0.25) is 5.95 Å². The van der Waals surface area contributed by atoms with E-state index in [1.165, 1.54) is 23.2 Å². The molecule has 0 aliphatic carbocycles. The van der Waals surface area contributed by atoms with Crippen LogP contribution >= 0.6 is 0 Å². The molecule has 166 valence electrons.